The summed E-state index contributed by atoms with van der Waals surface area (Å²) in [6, 6.07) is 2.16. The van der Waals surface area contributed by atoms with E-state index in [1.165, 1.54) is 7.11 Å². The molecular formula is C12H15ClN2O5. The van der Waals surface area contributed by atoms with Crippen molar-refractivity contribution in [2.24, 2.45) is 0 Å². The highest BCUT2D eigenvalue weighted by molar-refractivity contribution is 6.34. The zero-order chi connectivity index (χ0) is 15.3. The third-order valence-electron chi connectivity index (χ3n) is 2.75. The van der Waals surface area contributed by atoms with Crippen molar-refractivity contribution in [3.05, 3.63) is 32.8 Å². The molecule has 20 heavy (non-hydrogen) atoms. The second-order valence-electron chi connectivity index (χ2n) is 3.96. The van der Waals surface area contributed by atoms with Gasteiger partial charge >= 0.3 is 5.97 Å². The van der Waals surface area contributed by atoms with Crippen molar-refractivity contribution in [3.63, 3.8) is 0 Å². The van der Waals surface area contributed by atoms with E-state index in [0.717, 1.165) is 12.1 Å². The molecule has 0 aliphatic rings. The van der Waals surface area contributed by atoms with Crippen LogP contribution < -0.4 is 4.90 Å². The third kappa shape index (κ3) is 3.58. The summed E-state index contributed by atoms with van der Waals surface area (Å²) in [5, 5.41) is 20.0. The van der Waals surface area contributed by atoms with Gasteiger partial charge in [-0.05, 0) is 6.92 Å². The maximum Gasteiger partial charge on any atom is 0.338 e. The number of ether oxygens (including phenoxy) is 1. The molecule has 110 valence electrons. The monoisotopic (exact) mass is 302 g/mol. The van der Waals surface area contributed by atoms with E-state index in [1.54, 1.807) is 4.90 Å². The summed E-state index contributed by atoms with van der Waals surface area (Å²) in [6.07, 6.45) is 0. The summed E-state index contributed by atoms with van der Waals surface area (Å²) in [5.41, 5.74) is -0.273. The molecule has 0 fully saturated rings. The molecule has 0 heterocycles. The van der Waals surface area contributed by atoms with E-state index in [-0.39, 0.29) is 22.0 Å². The van der Waals surface area contributed by atoms with Gasteiger partial charge in [0.2, 0.25) is 0 Å². The average molecular weight is 303 g/mol. The molecule has 1 rings (SSSR count). The second kappa shape index (κ2) is 7.06. The van der Waals surface area contributed by atoms with Crippen LogP contribution in [0.4, 0.5) is 11.4 Å². The summed E-state index contributed by atoms with van der Waals surface area (Å²) in [4.78, 5) is 23.1. The number of likely N-dealkylation sites (N-methyl/N-ethyl adjacent to an activating group) is 1. The van der Waals surface area contributed by atoms with E-state index in [2.05, 4.69) is 0 Å². The fraction of sp³-hybridized carbons (Fsp3) is 0.417. The van der Waals surface area contributed by atoms with Gasteiger partial charge in [-0.3, -0.25) is 10.1 Å². The summed E-state index contributed by atoms with van der Waals surface area (Å²) in [7, 11) is 1.53. The fourth-order valence-electron chi connectivity index (χ4n) is 1.80. The SMILES string of the molecule is CCN(CCOC)c1c(Cl)cc([N+](=O)[O-])cc1C(=O)O. The van der Waals surface area contributed by atoms with E-state index in [9.17, 15) is 20.0 Å². The molecule has 8 heteroatoms. The van der Waals surface area contributed by atoms with Crippen molar-refractivity contribution in [1.82, 2.24) is 0 Å². The first-order chi connectivity index (χ1) is 9.42. The number of aromatic carboxylic acids is 1. The predicted molar refractivity (Wildman–Crippen MR) is 74.8 cm³/mol. The molecular weight excluding hydrogens is 288 g/mol. The Hall–Kier alpha value is -1.86. The van der Waals surface area contributed by atoms with Crippen molar-refractivity contribution >= 4 is 28.9 Å². The number of hydrogen-bond acceptors (Lipinski definition) is 5. The summed E-state index contributed by atoms with van der Waals surface area (Å²) in [6.45, 7) is 3.16. The number of carboxylic acid groups (broad SMARTS) is 1. The van der Waals surface area contributed by atoms with Gasteiger partial charge in [0.25, 0.3) is 5.69 Å². The lowest BCUT2D eigenvalue weighted by atomic mass is 10.1. The van der Waals surface area contributed by atoms with Crippen molar-refractivity contribution in [2.75, 3.05) is 31.7 Å². The Morgan fingerprint density at radius 3 is 2.65 bits per heavy atom. The topological polar surface area (TPSA) is 92.9 Å². The molecule has 1 aromatic rings. The number of carboxylic acids is 1. The van der Waals surface area contributed by atoms with Gasteiger partial charge in [-0.1, -0.05) is 11.6 Å². The Balaban J connectivity index is 3.35. The number of carbonyl (C=O) groups is 1. The summed E-state index contributed by atoms with van der Waals surface area (Å²) < 4.78 is 4.96. The van der Waals surface area contributed by atoms with Crippen LogP contribution in [0.25, 0.3) is 0 Å². The van der Waals surface area contributed by atoms with Crippen LogP contribution in [-0.4, -0.2) is 42.8 Å². The molecule has 0 saturated heterocycles. The Morgan fingerprint density at radius 1 is 1.55 bits per heavy atom. The van der Waals surface area contributed by atoms with Gasteiger partial charge in [0.15, 0.2) is 0 Å². The minimum absolute atomic E-state index is 0.0366. The second-order valence-corrected chi connectivity index (χ2v) is 4.37. The molecule has 0 saturated carbocycles. The third-order valence-corrected chi connectivity index (χ3v) is 3.04. The van der Waals surface area contributed by atoms with E-state index in [0.29, 0.717) is 19.7 Å². The van der Waals surface area contributed by atoms with Crippen LogP contribution in [0.1, 0.15) is 17.3 Å². The minimum atomic E-state index is -1.26. The van der Waals surface area contributed by atoms with Crippen molar-refractivity contribution < 1.29 is 19.6 Å². The molecule has 7 nitrogen and oxygen atoms in total. The smallest absolute Gasteiger partial charge is 0.338 e. The average Bonchev–Trinajstić information content (AvgIpc) is 2.39. The number of nitro groups is 1. The molecule has 1 N–H and O–H groups in total. The van der Waals surface area contributed by atoms with E-state index >= 15 is 0 Å². The number of halogens is 1. The molecule has 1 aromatic carbocycles. The number of benzene rings is 1. The molecule has 0 spiro atoms. The molecule has 0 amide bonds. The number of methoxy groups -OCH3 is 1. The van der Waals surface area contributed by atoms with Crippen molar-refractivity contribution in [2.45, 2.75) is 6.92 Å². The van der Waals surface area contributed by atoms with Crippen molar-refractivity contribution in [3.8, 4) is 0 Å². The lowest BCUT2D eigenvalue weighted by molar-refractivity contribution is -0.384. The van der Waals surface area contributed by atoms with Crippen LogP contribution in [0.5, 0.6) is 0 Å². The number of anilines is 1. The van der Waals surface area contributed by atoms with Gasteiger partial charge in [-0.15, -0.1) is 0 Å². The minimum Gasteiger partial charge on any atom is -0.478 e. The van der Waals surface area contributed by atoms with E-state index < -0.39 is 10.9 Å². The Kier molecular flexibility index (Phi) is 5.72. The highest BCUT2D eigenvalue weighted by atomic mass is 35.5. The Labute approximate surface area is 120 Å². The van der Waals surface area contributed by atoms with Gasteiger partial charge in [-0.25, -0.2) is 4.79 Å². The first-order valence-electron chi connectivity index (χ1n) is 5.87. The van der Waals surface area contributed by atoms with Gasteiger partial charge in [0, 0.05) is 32.3 Å². The number of rotatable bonds is 7. The predicted octanol–water partition coefficient (Wildman–Crippen LogP) is 2.42. The lowest BCUT2D eigenvalue weighted by Crippen LogP contribution is -2.29. The van der Waals surface area contributed by atoms with Gasteiger partial charge in [0.05, 0.1) is 27.8 Å². The van der Waals surface area contributed by atoms with E-state index in [4.69, 9.17) is 16.3 Å². The van der Waals surface area contributed by atoms with Crippen LogP contribution in [0.15, 0.2) is 12.1 Å². The number of nitro benzene ring substituents is 1. The number of nitrogens with zero attached hydrogens (tertiary/aromatic N) is 2. The molecule has 0 atom stereocenters. The fourth-order valence-corrected chi connectivity index (χ4v) is 2.14. The first-order valence-corrected chi connectivity index (χ1v) is 6.25. The Bertz CT molecular complexity index is 521. The number of hydrogen-bond donors (Lipinski definition) is 1. The van der Waals surface area contributed by atoms with Crippen LogP contribution in [0.2, 0.25) is 5.02 Å². The largest absolute Gasteiger partial charge is 0.478 e. The Morgan fingerprint density at radius 2 is 2.20 bits per heavy atom. The zero-order valence-electron chi connectivity index (χ0n) is 11.1. The molecule has 0 bridgehead atoms. The van der Waals surface area contributed by atoms with E-state index in [1.807, 2.05) is 6.92 Å². The first kappa shape index (κ1) is 16.2. The molecule has 0 radical (unpaired) electrons. The van der Waals surface area contributed by atoms with Crippen LogP contribution in [0.3, 0.4) is 0 Å². The van der Waals surface area contributed by atoms with Crippen LogP contribution >= 0.6 is 11.6 Å². The van der Waals surface area contributed by atoms with Crippen LogP contribution in [0, 0.1) is 10.1 Å². The highest BCUT2D eigenvalue weighted by Crippen LogP contribution is 2.34. The maximum atomic E-state index is 11.3. The number of non-ortho nitro benzene ring substituents is 1. The van der Waals surface area contributed by atoms with Gasteiger partial charge in [-0.2, -0.15) is 0 Å². The van der Waals surface area contributed by atoms with Crippen LogP contribution in [-0.2, 0) is 4.74 Å². The standard InChI is InChI=1S/C12H15ClN2O5/c1-3-14(4-5-20-2)11-9(12(16)17)6-8(15(18)19)7-10(11)13/h6-7H,3-5H2,1-2H3,(H,16,17). The normalized spacial score (nSPS) is 10.3. The lowest BCUT2D eigenvalue weighted by Gasteiger charge is -2.25. The molecule has 0 unspecified atom stereocenters. The zero-order valence-corrected chi connectivity index (χ0v) is 11.9. The quantitative estimate of drug-likeness (QED) is 0.614. The van der Waals surface area contributed by atoms with Crippen molar-refractivity contribution in [1.29, 1.82) is 0 Å². The van der Waals surface area contributed by atoms with Gasteiger partial charge < -0.3 is 14.7 Å². The highest BCUT2D eigenvalue weighted by Gasteiger charge is 2.23. The van der Waals surface area contributed by atoms with Gasteiger partial charge in [0.1, 0.15) is 0 Å². The molecule has 0 aliphatic heterocycles. The summed E-state index contributed by atoms with van der Waals surface area (Å²) >= 11 is 6.02. The summed E-state index contributed by atoms with van der Waals surface area (Å²) in [5.74, 6) is -1.26. The molecule has 0 aromatic heterocycles. The maximum absolute atomic E-state index is 11.3. The molecule has 0 aliphatic carbocycles.